The number of fused-ring (bicyclic) bond motifs is 3. The number of hydrogen-bond donors (Lipinski definition) is 3. The number of aliphatic imine (C=N–C) groups is 1. The summed E-state index contributed by atoms with van der Waals surface area (Å²) in [6.07, 6.45) is 1.56. The second kappa shape index (κ2) is 9.19. The van der Waals surface area contributed by atoms with Crippen LogP contribution >= 0.6 is 35.0 Å². The maximum absolute atomic E-state index is 13.0. The molecule has 0 fully saturated rings. The van der Waals surface area contributed by atoms with Gasteiger partial charge >= 0.3 is 0 Å². The molecule has 0 saturated heterocycles. The minimum absolute atomic E-state index is 0.131. The van der Waals surface area contributed by atoms with E-state index in [0.29, 0.717) is 49.5 Å². The molecule has 0 aliphatic carbocycles. The molecule has 1 unspecified atom stereocenters. The van der Waals surface area contributed by atoms with Crippen LogP contribution in [0.25, 0.3) is 21.7 Å². The number of halogens is 2. The van der Waals surface area contributed by atoms with Gasteiger partial charge in [-0.3, -0.25) is 14.6 Å². The molecule has 0 saturated carbocycles. The van der Waals surface area contributed by atoms with Crippen molar-refractivity contribution in [3.05, 3.63) is 74.1 Å². The summed E-state index contributed by atoms with van der Waals surface area (Å²) in [5, 5.41) is 16.5. The van der Waals surface area contributed by atoms with Crippen LogP contribution in [0.1, 0.15) is 42.7 Å². The second-order valence-electron chi connectivity index (χ2n) is 9.15. The molecular weight excluding hydrogens is 519 g/mol. The van der Waals surface area contributed by atoms with E-state index in [1.165, 1.54) is 18.7 Å². The Morgan fingerprint density at radius 3 is 2.53 bits per heavy atom. The van der Waals surface area contributed by atoms with Gasteiger partial charge in [-0.1, -0.05) is 29.3 Å². The number of nitrogens with one attached hydrogen (secondary N) is 2. The zero-order chi connectivity index (χ0) is 25.8. The number of rotatable bonds is 5. The Bertz CT molecular complexity index is 1620. The van der Waals surface area contributed by atoms with Gasteiger partial charge in [0.1, 0.15) is 11.4 Å². The molecule has 1 atom stereocenters. The Morgan fingerprint density at radius 1 is 1.17 bits per heavy atom. The lowest BCUT2D eigenvalue weighted by Crippen LogP contribution is -2.27. The molecule has 7 nitrogen and oxygen atoms in total. The van der Waals surface area contributed by atoms with E-state index in [9.17, 15) is 14.7 Å². The lowest BCUT2D eigenvalue weighted by atomic mass is 10.0. The molecule has 3 N–H and O–H groups in total. The Balaban J connectivity index is 1.65. The number of nitrogens with zero attached hydrogens (tertiary/aromatic N) is 2. The van der Waals surface area contributed by atoms with Crippen molar-refractivity contribution in [2.75, 3.05) is 11.1 Å². The standard InChI is InChI=1S/C26H22Cl2N4O3S/c1-12(33)14-9-17(27)22(18(28)10-14)32-23-15-6-7-29-24(34)21(15)16-8-13(4-5-19(16)30-23)20-11-36-25(31-20)26(2,3)35/h4-10,20,35H,11H2,1-3H3,(H,29,34)(H,30,32). The van der Waals surface area contributed by atoms with Gasteiger partial charge in [0.2, 0.25) is 0 Å². The highest BCUT2D eigenvalue weighted by molar-refractivity contribution is 8.14. The van der Waals surface area contributed by atoms with Gasteiger partial charge in [-0.05, 0) is 56.7 Å². The fourth-order valence-corrected chi connectivity index (χ4v) is 5.89. The van der Waals surface area contributed by atoms with Crippen LogP contribution in [0.15, 0.2) is 52.4 Å². The third-order valence-electron chi connectivity index (χ3n) is 5.99. The van der Waals surface area contributed by atoms with Crippen LogP contribution in [0.4, 0.5) is 11.5 Å². The molecule has 36 heavy (non-hydrogen) atoms. The lowest BCUT2D eigenvalue weighted by Gasteiger charge is -2.16. The first-order valence-corrected chi connectivity index (χ1v) is 12.9. The molecule has 10 heteroatoms. The third-order valence-corrected chi connectivity index (χ3v) is 7.95. The Morgan fingerprint density at radius 2 is 1.89 bits per heavy atom. The van der Waals surface area contributed by atoms with E-state index in [-0.39, 0.29) is 27.4 Å². The van der Waals surface area contributed by atoms with E-state index in [1.54, 1.807) is 38.2 Å². The molecule has 1 aliphatic heterocycles. The van der Waals surface area contributed by atoms with Crippen molar-refractivity contribution in [3.8, 4) is 0 Å². The van der Waals surface area contributed by atoms with E-state index in [4.69, 9.17) is 33.2 Å². The van der Waals surface area contributed by atoms with E-state index in [0.717, 1.165) is 5.56 Å². The van der Waals surface area contributed by atoms with Gasteiger partial charge in [-0.15, -0.1) is 11.8 Å². The Kier molecular flexibility index (Phi) is 6.32. The summed E-state index contributed by atoms with van der Waals surface area (Å²) >= 11 is 14.4. The average molecular weight is 541 g/mol. The minimum Gasteiger partial charge on any atom is -0.384 e. The largest absolute Gasteiger partial charge is 0.384 e. The SMILES string of the molecule is CC(=O)c1cc(Cl)c(Nc2nc3ccc(C4CSC(C(C)(C)O)=N4)cc3c3c(=O)[nH]ccc23)c(Cl)c1. The molecule has 5 rings (SSSR count). The number of carbonyl (C=O) groups excluding carboxylic acids is 1. The van der Waals surface area contributed by atoms with Crippen molar-refractivity contribution < 1.29 is 9.90 Å². The number of anilines is 2. The van der Waals surface area contributed by atoms with Gasteiger partial charge in [0.15, 0.2) is 5.78 Å². The number of aliphatic hydroxyl groups is 1. The number of Topliss-reactive ketones (excluding diaryl/α,β-unsaturated/α-hetero) is 1. The topological polar surface area (TPSA) is 107 Å². The number of H-pyrrole nitrogens is 1. The number of thioether (sulfide) groups is 1. The molecule has 3 heterocycles. The van der Waals surface area contributed by atoms with Gasteiger partial charge in [-0.25, -0.2) is 4.98 Å². The van der Waals surface area contributed by atoms with Crippen molar-refractivity contribution in [3.63, 3.8) is 0 Å². The van der Waals surface area contributed by atoms with E-state index in [2.05, 4.69) is 10.3 Å². The fraction of sp³-hybridized carbons (Fsp3) is 0.231. The summed E-state index contributed by atoms with van der Waals surface area (Å²) < 4.78 is 0. The molecule has 2 aromatic heterocycles. The maximum atomic E-state index is 13.0. The third kappa shape index (κ3) is 4.50. The van der Waals surface area contributed by atoms with Crippen LogP contribution in [0.5, 0.6) is 0 Å². The smallest absolute Gasteiger partial charge is 0.256 e. The van der Waals surface area contributed by atoms with Crippen molar-refractivity contribution in [1.82, 2.24) is 9.97 Å². The lowest BCUT2D eigenvalue weighted by molar-refractivity contribution is 0.101. The Labute approximate surface area is 220 Å². The van der Waals surface area contributed by atoms with Crippen molar-refractivity contribution in [1.29, 1.82) is 0 Å². The van der Waals surface area contributed by atoms with Crippen molar-refractivity contribution >= 4 is 79.0 Å². The molecule has 0 radical (unpaired) electrons. The van der Waals surface area contributed by atoms with Crippen molar-refractivity contribution in [2.24, 2.45) is 4.99 Å². The first-order chi connectivity index (χ1) is 17.0. The number of carbonyl (C=O) groups is 1. The quantitative estimate of drug-likeness (QED) is 0.203. The highest BCUT2D eigenvalue weighted by atomic mass is 35.5. The van der Waals surface area contributed by atoms with Gasteiger partial charge in [0.25, 0.3) is 5.56 Å². The van der Waals surface area contributed by atoms with Crippen LogP contribution in [0, 0.1) is 0 Å². The first kappa shape index (κ1) is 24.8. The summed E-state index contributed by atoms with van der Waals surface area (Å²) in [5.74, 6) is 0.968. The zero-order valence-corrected chi connectivity index (χ0v) is 22.0. The van der Waals surface area contributed by atoms with Crippen LogP contribution < -0.4 is 10.9 Å². The summed E-state index contributed by atoms with van der Waals surface area (Å²) in [5.41, 5.74) is 1.09. The summed E-state index contributed by atoms with van der Waals surface area (Å²) in [4.78, 5) is 37.0. The van der Waals surface area contributed by atoms with Crippen LogP contribution in [-0.4, -0.2) is 37.3 Å². The number of aromatic nitrogens is 2. The maximum Gasteiger partial charge on any atom is 0.256 e. The molecule has 4 aromatic rings. The van der Waals surface area contributed by atoms with E-state index < -0.39 is 5.60 Å². The van der Waals surface area contributed by atoms with Crippen LogP contribution in [-0.2, 0) is 0 Å². The predicted octanol–water partition coefficient (Wildman–Crippen LogP) is 6.29. The number of benzene rings is 2. The van der Waals surface area contributed by atoms with Crippen molar-refractivity contribution in [2.45, 2.75) is 32.4 Å². The van der Waals surface area contributed by atoms with Gasteiger partial charge in [-0.2, -0.15) is 0 Å². The highest BCUT2D eigenvalue weighted by Gasteiger charge is 2.30. The molecule has 0 bridgehead atoms. The predicted molar refractivity (Wildman–Crippen MR) is 149 cm³/mol. The summed E-state index contributed by atoms with van der Waals surface area (Å²) in [7, 11) is 0. The highest BCUT2D eigenvalue weighted by Crippen LogP contribution is 2.39. The van der Waals surface area contributed by atoms with E-state index in [1.807, 2.05) is 18.2 Å². The van der Waals surface area contributed by atoms with Gasteiger partial charge in [0, 0.05) is 28.3 Å². The average Bonchev–Trinajstić information content (AvgIpc) is 3.32. The van der Waals surface area contributed by atoms with Crippen LogP contribution in [0.3, 0.4) is 0 Å². The van der Waals surface area contributed by atoms with Gasteiger partial charge in [0.05, 0.1) is 37.7 Å². The second-order valence-corrected chi connectivity index (χ2v) is 11.0. The summed E-state index contributed by atoms with van der Waals surface area (Å²) in [6, 6.07) is 10.4. The number of aromatic amines is 1. The van der Waals surface area contributed by atoms with Crippen LogP contribution in [0.2, 0.25) is 10.0 Å². The normalized spacial score (nSPS) is 15.9. The molecule has 1 aliphatic rings. The summed E-state index contributed by atoms with van der Waals surface area (Å²) in [6.45, 7) is 4.88. The molecular formula is C26H22Cl2N4O3S. The van der Waals surface area contributed by atoms with Gasteiger partial charge < -0.3 is 15.4 Å². The number of pyridine rings is 2. The van der Waals surface area contributed by atoms with E-state index >= 15 is 0 Å². The number of hydrogen-bond acceptors (Lipinski definition) is 7. The number of ketones is 1. The zero-order valence-electron chi connectivity index (χ0n) is 19.6. The minimum atomic E-state index is -0.993. The molecule has 184 valence electrons. The monoisotopic (exact) mass is 540 g/mol. The molecule has 2 aromatic carbocycles. The molecule has 0 amide bonds. The fourth-order valence-electron chi connectivity index (χ4n) is 4.17. The first-order valence-electron chi connectivity index (χ1n) is 11.2. The Hall–Kier alpha value is -2.91. The molecule has 0 spiro atoms.